The van der Waals surface area contributed by atoms with Crippen molar-refractivity contribution in [1.29, 1.82) is 0 Å². The van der Waals surface area contributed by atoms with E-state index in [0.29, 0.717) is 5.69 Å². The minimum atomic E-state index is -3.87. The maximum absolute atomic E-state index is 12.6. The van der Waals surface area contributed by atoms with Crippen molar-refractivity contribution in [2.24, 2.45) is 0 Å². The molecule has 3 aromatic carbocycles. The molecule has 0 saturated carbocycles. The normalized spacial score (nSPS) is 12.3. The molecule has 9 heteroatoms. The molecule has 1 amide bonds. The molecular weight excluding hydrogens is 475 g/mol. The van der Waals surface area contributed by atoms with Crippen LogP contribution in [0.15, 0.2) is 76.5 Å². The Balaban J connectivity index is 1.65. The van der Waals surface area contributed by atoms with Crippen LogP contribution in [0.1, 0.15) is 12.5 Å². The van der Waals surface area contributed by atoms with E-state index in [1.807, 2.05) is 38.1 Å². The minimum absolute atomic E-state index is 0.0311. The topological polar surface area (TPSA) is 75.3 Å². The summed E-state index contributed by atoms with van der Waals surface area (Å²) in [6.45, 7) is 3.82. The van der Waals surface area contributed by atoms with Gasteiger partial charge in [-0.15, -0.1) is 11.8 Å². The van der Waals surface area contributed by atoms with Crippen LogP contribution in [0.5, 0.6) is 0 Å². The number of hydrogen-bond donors (Lipinski definition) is 2. The van der Waals surface area contributed by atoms with E-state index in [1.54, 1.807) is 12.1 Å². The van der Waals surface area contributed by atoms with Crippen molar-refractivity contribution in [2.75, 3.05) is 10.0 Å². The lowest BCUT2D eigenvalue weighted by Crippen LogP contribution is -2.22. The Morgan fingerprint density at radius 2 is 1.61 bits per heavy atom. The second-order valence-corrected chi connectivity index (χ2v) is 10.7. The molecule has 1 atom stereocenters. The molecule has 0 aliphatic rings. The van der Waals surface area contributed by atoms with Gasteiger partial charge < -0.3 is 5.32 Å². The number of thioether (sulfide) groups is 1. The first-order valence-electron chi connectivity index (χ1n) is 9.27. The summed E-state index contributed by atoms with van der Waals surface area (Å²) in [6, 6.07) is 18.5. The predicted octanol–water partition coefficient (Wildman–Crippen LogP) is 6.22. The molecule has 3 aromatic rings. The van der Waals surface area contributed by atoms with Gasteiger partial charge in [-0.1, -0.05) is 47.0 Å². The SMILES string of the molecule is Cc1ccc(S[C@@H](C)C(=O)Nc2ccc(S(=O)(=O)Nc3cccc(Cl)c3Cl)cc2)cc1. The molecule has 3 rings (SSSR count). The highest BCUT2D eigenvalue weighted by Crippen LogP contribution is 2.31. The smallest absolute Gasteiger partial charge is 0.261 e. The van der Waals surface area contributed by atoms with Crippen molar-refractivity contribution >= 4 is 62.3 Å². The lowest BCUT2D eigenvalue weighted by atomic mass is 10.2. The molecule has 0 aliphatic heterocycles. The Morgan fingerprint density at radius 1 is 0.968 bits per heavy atom. The van der Waals surface area contributed by atoms with E-state index >= 15 is 0 Å². The zero-order valence-electron chi connectivity index (χ0n) is 16.7. The maximum atomic E-state index is 12.6. The first-order valence-corrected chi connectivity index (χ1v) is 12.4. The molecular formula is C22H20Cl2N2O3S2. The van der Waals surface area contributed by atoms with Crippen LogP contribution in [-0.4, -0.2) is 19.6 Å². The van der Waals surface area contributed by atoms with Gasteiger partial charge in [-0.2, -0.15) is 0 Å². The van der Waals surface area contributed by atoms with E-state index in [4.69, 9.17) is 23.2 Å². The quantitative estimate of drug-likeness (QED) is 0.382. The van der Waals surface area contributed by atoms with Crippen molar-refractivity contribution in [3.05, 3.63) is 82.3 Å². The number of sulfonamides is 1. The van der Waals surface area contributed by atoms with E-state index in [1.165, 1.54) is 42.1 Å². The Kier molecular flexibility index (Phi) is 7.54. The van der Waals surface area contributed by atoms with E-state index in [-0.39, 0.29) is 31.8 Å². The van der Waals surface area contributed by atoms with Crippen LogP contribution in [0.25, 0.3) is 0 Å². The summed E-state index contributed by atoms with van der Waals surface area (Å²) in [4.78, 5) is 13.5. The Morgan fingerprint density at radius 3 is 2.26 bits per heavy atom. The molecule has 0 aliphatic carbocycles. The number of amides is 1. The van der Waals surface area contributed by atoms with Gasteiger partial charge in [-0.3, -0.25) is 9.52 Å². The summed E-state index contributed by atoms with van der Waals surface area (Å²) < 4.78 is 27.7. The zero-order valence-corrected chi connectivity index (χ0v) is 19.9. The number of nitrogens with one attached hydrogen (secondary N) is 2. The number of hydrogen-bond acceptors (Lipinski definition) is 4. The van der Waals surface area contributed by atoms with Gasteiger partial charge in [0.05, 0.1) is 25.9 Å². The lowest BCUT2D eigenvalue weighted by molar-refractivity contribution is -0.115. The fourth-order valence-corrected chi connectivity index (χ4v) is 4.97. The van der Waals surface area contributed by atoms with Crippen molar-refractivity contribution in [3.63, 3.8) is 0 Å². The molecule has 31 heavy (non-hydrogen) atoms. The zero-order chi connectivity index (χ0) is 22.6. The van der Waals surface area contributed by atoms with E-state index < -0.39 is 10.0 Å². The van der Waals surface area contributed by atoms with E-state index in [0.717, 1.165) is 10.5 Å². The average molecular weight is 495 g/mol. The standard InChI is InChI=1S/C22H20Cl2N2O3S2/c1-14-6-10-17(11-7-14)30-15(2)22(27)25-16-8-12-18(13-9-16)31(28,29)26-20-5-3-4-19(23)21(20)24/h3-13,15,26H,1-2H3,(H,25,27)/t15-/m0/s1. The average Bonchev–Trinajstić information content (AvgIpc) is 2.73. The van der Waals surface area contributed by atoms with Crippen LogP contribution >= 0.6 is 35.0 Å². The number of aryl methyl sites for hydroxylation is 1. The number of carbonyl (C=O) groups is 1. The predicted molar refractivity (Wildman–Crippen MR) is 129 cm³/mol. The number of carbonyl (C=O) groups excluding carboxylic acids is 1. The molecule has 0 bridgehead atoms. The summed E-state index contributed by atoms with van der Waals surface area (Å²) in [5.74, 6) is -0.176. The summed E-state index contributed by atoms with van der Waals surface area (Å²) in [7, 11) is -3.87. The highest BCUT2D eigenvalue weighted by atomic mass is 35.5. The summed E-state index contributed by atoms with van der Waals surface area (Å²) in [6.07, 6.45) is 0. The van der Waals surface area contributed by atoms with Gasteiger partial charge in [0, 0.05) is 10.6 Å². The molecule has 162 valence electrons. The van der Waals surface area contributed by atoms with E-state index in [9.17, 15) is 13.2 Å². The largest absolute Gasteiger partial charge is 0.325 e. The van der Waals surface area contributed by atoms with Crippen LogP contribution in [0, 0.1) is 6.92 Å². The van der Waals surface area contributed by atoms with Crippen LogP contribution in [0.2, 0.25) is 10.0 Å². The lowest BCUT2D eigenvalue weighted by Gasteiger charge is -2.13. The second kappa shape index (κ2) is 9.96. The highest BCUT2D eigenvalue weighted by Gasteiger charge is 2.18. The number of anilines is 2. The number of halogens is 2. The minimum Gasteiger partial charge on any atom is -0.325 e. The molecule has 0 unspecified atom stereocenters. The Bertz CT molecular complexity index is 1180. The van der Waals surface area contributed by atoms with Gasteiger partial charge in [0.15, 0.2) is 0 Å². The van der Waals surface area contributed by atoms with Gasteiger partial charge in [0.2, 0.25) is 5.91 Å². The molecule has 0 spiro atoms. The molecule has 0 aromatic heterocycles. The first kappa shape index (κ1) is 23.5. The van der Waals surface area contributed by atoms with Gasteiger partial charge in [0.25, 0.3) is 10.0 Å². The molecule has 0 heterocycles. The van der Waals surface area contributed by atoms with E-state index in [2.05, 4.69) is 10.0 Å². The number of benzene rings is 3. The third-order valence-corrected chi connectivity index (χ3v) is 7.64. The molecule has 0 radical (unpaired) electrons. The fourth-order valence-electron chi connectivity index (χ4n) is 2.62. The van der Waals surface area contributed by atoms with Gasteiger partial charge in [0.1, 0.15) is 0 Å². The van der Waals surface area contributed by atoms with Crippen LogP contribution in [-0.2, 0) is 14.8 Å². The third kappa shape index (κ3) is 6.17. The number of rotatable bonds is 7. The molecule has 0 fully saturated rings. The van der Waals surface area contributed by atoms with Gasteiger partial charge in [-0.25, -0.2) is 8.42 Å². The van der Waals surface area contributed by atoms with Gasteiger partial charge >= 0.3 is 0 Å². The van der Waals surface area contributed by atoms with Crippen molar-refractivity contribution < 1.29 is 13.2 Å². The van der Waals surface area contributed by atoms with Crippen molar-refractivity contribution in [1.82, 2.24) is 0 Å². The molecule has 2 N–H and O–H groups in total. The Hall–Kier alpha value is -2.19. The summed E-state index contributed by atoms with van der Waals surface area (Å²) >= 11 is 13.4. The second-order valence-electron chi connectivity index (χ2n) is 6.79. The van der Waals surface area contributed by atoms with Crippen LogP contribution < -0.4 is 10.0 Å². The third-order valence-electron chi connectivity index (χ3n) is 4.33. The molecule has 5 nitrogen and oxygen atoms in total. The van der Waals surface area contributed by atoms with Crippen molar-refractivity contribution in [2.45, 2.75) is 28.9 Å². The monoisotopic (exact) mass is 494 g/mol. The Labute approximate surface area is 196 Å². The van der Waals surface area contributed by atoms with Crippen LogP contribution in [0.3, 0.4) is 0 Å². The first-order chi connectivity index (χ1) is 14.7. The van der Waals surface area contributed by atoms with Gasteiger partial charge in [-0.05, 0) is 62.4 Å². The maximum Gasteiger partial charge on any atom is 0.261 e. The summed E-state index contributed by atoms with van der Waals surface area (Å²) in [5, 5.41) is 2.85. The van der Waals surface area contributed by atoms with Crippen LogP contribution in [0.4, 0.5) is 11.4 Å². The highest BCUT2D eigenvalue weighted by molar-refractivity contribution is 8.00. The van der Waals surface area contributed by atoms with Crippen molar-refractivity contribution in [3.8, 4) is 0 Å². The summed E-state index contributed by atoms with van der Waals surface area (Å²) in [5.41, 5.74) is 1.85. The fraction of sp³-hybridized carbons (Fsp3) is 0.136. The molecule has 0 saturated heterocycles.